The Morgan fingerprint density at radius 3 is 2.59 bits per heavy atom. The molecule has 1 aromatic carbocycles. The molecule has 0 aliphatic rings. The van der Waals surface area contributed by atoms with E-state index in [0.717, 1.165) is 16.9 Å². The van der Waals surface area contributed by atoms with Crippen molar-refractivity contribution in [2.75, 3.05) is 0 Å². The lowest BCUT2D eigenvalue weighted by atomic mass is 10.2. The molecule has 1 amide bonds. The van der Waals surface area contributed by atoms with Crippen LogP contribution < -0.4 is 0 Å². The molecule has 11 heteroatoms. The van der Waals surface area contributed by atoms with Crippen LogP contribution in [0.2, 0.25) is 5.02 Å². The van der Waals surface area contributed by atoms with E-state index in [1.165, 1.54) is 4.90 Å². The van der Waals surface area contributed by atoms with Crippen molar-refractivity contribution < 1.29 is 22.4 Å². The predicted molar refractivity (Wildman–Crippen MR) is 97.7 cm³/mol. The quantitative estimate of drug-likeness (QED) is 0.593. The molecule has 0 N–H and O–H groups in total. The molecule has 0 fully saturated rings. The van der Waals surface area contributed by atoms with Crippen molar-refractivity contribution in [1.82, 2.24) is 24.9 Å². The fraction of sp³-hybridized carbons (Fsp3) is 0.333. The lowest BCUT2D eigenvalue weighted by Gasteiger charge is -2.25. The number of hydrogen-bond donors (Lipinski definition) is 0. The third-order valence-electron chi connectivity index (χ3n) is 4.05. The zero-order valence-electron chi connectivity index (χ0n) is 15.5. The van der Waals surface area contributed by atoms with Gasteiger partial charge < -0.3 is 9.32 Å². The standard InChI is InChI=1S/C18H17ClF3N5O2/c1-11(2)27(16(28)10-26-8-7-14(25-26)18(20,21)22)9-15-23-24-17(29-15)12-5-3-4-6-13(12)19/h3-8,11H,9-10H2,1-2H3. The number of amides is 1. The van der Waals surface area contributed by atoms with Gasteiger partial charge in [-0.25, -0.2) is 0 Å². The van der Waals surface area contributed by atoms with E-state index in [4.69, 9.17) is 16.0 Å². The number of halogens is 4. The number of alkyl halides is 3. The molecular weight excluding hydrogens is 411 g/mol. The number of carbonyl (C=O) groups is 1. The summed E-state index contributed by atoms with van der Waals surface area (Å²) in [6.45, 7) is 3.20. The number of nitrogens with zero attached hydrogens (tertiary/aromatic N) is 5. The molecule has 0 saturated carbocycles. The summed E-state index contributed by atoms with van der Waals surface area (Å²) in [7, 11) is 0. The minimum atomic E-state index is -4.56. The van der Waals surface area contributed by atoms with Crippen molar-refractivity contribution in [1.29, 1.82) is 0 Å². The summed E-state index contributed by atoms with van der Waals surface area (Å²) in [6, 6.07) is 7.51. The zero-order chi connectivity index (χ0) is 21.2. The monoisotopic (exact) mass is 427 g/mol. The molecule has 2 aromatic heterocycles. The molecule has 0 aliphatic heterocycles. The average Bonchev–Trinajstić information content (AvgIpc) is 3.29. The van der Waals surface area contributed by atoms with E-state index >= 15 is 0 Å². The Hall–Kier alpha value is -2.88. The van der Waals surface area contributed by atoms with Crippen molar-refractivity contribution in [3.8, 4) is 11.5 Å². The van der Waals surface area contributed by atoms with Crippen molar-refractivity contribution in [3.63, 3.8) is 0 Å². The fourth-order valence-corrected chi connectivity index (χ4v) is 2.81. The first kappa shape index (κ1) is 20.8. The Balaban J connectivity index is 1.73. The largest absolute Gasteiger partial charge is 0.435 e. The lowest BCUT2D eigenvalue weighted by molar-refractivity contribution is -0.142. The second kappa shape index (κ2) is 8.24. The smallest absolute Gasteiger partial charge is 0.419 e. The SMILES string of the molecule is CC(C)N(Cc1nnc(-c2ccccc2Cl)o1)C(=O)Cn1ccc(C(F)(F)F)n1. The van der Waals surface area contributed by atoms with Crippen LogP contribution in [0.25, 0.3) is 11.5 Å². The summed E-state index contributed by atoms with van der Waals surface area (Å²) in [5, 5.41) is 11.7. The van der Waals surface area contributed by atoms with Gasteiger partial charge in [-0.1, -0.05) is 23.7 Å². The molecule has 29 heavy (non-hydrogen) atoms. The van der Waals surface area contributed by atoms with Crippen molar-refractivity contribution in [3.05, 3.63) is 53.1 Å². The first-order chi connectivity index (χ1) is 13.6. The van der Waals surface area contributed by atoms with Crippen LogP contribution in [-0.4, -0.2) is 36.8 Å². The summed E-state index contributed by atoms with van der Waals surface area (Å²) < 4.78 is 44.6. The number of benzene rings is 1. The molecule has 0 atom stereocenters. The minimum absolute atomic E-state index is 0.00134. The normalized spacial score (nSPS) is 11.8. The van der Waals surface area contributed by atoms with Crippen LogP contribution in [-0.2, 0) is 24.1 Å². The molecule has 3 aromatic rings. The van der Waals surface area contributed by atoms with Gasteiger partial charge in [-0.15, -0.1) is 10.2 Å². The van der Waals surface area contributed by atoms with Crippen LogP contribution >= 0.6 is 11.6 Å². The van der Waals surface area contributed by atoms with Crippen LogP contribution in [0, 0.1) is 0 Å². The van der Waals surface area contributed by atoms with Crippen LogP contribution in [0.4, 0.5) is 13.2 Å². The van der Waals surface area contributed by atoms with E-state index in [9.17, 15) is 18.0 Å². The Bertz CT molecular complexity index is 999. The minimum Gasteiger partial charge on any atom is -0.419 e. The number of aromatic nitrogens is 4. The van der Waals surface area contributed by atoms with Crippen LogP contribution in [0.1, 0.15) is 25.4 Å². The van der Waals surface area contributed by atoms with Gasteiger partial charge in [0.25, 0.3) is 0 Å². The molecule has 3 rings (SSSR count). The molecule has 0 unspecified atom stereocenters. The topological polar surface area (TPSA) is 77.0 Å². The van der Waals surface area contributed by atoms with E-state index in [0.29, 0.717) is 10.6 Å². The Labute approximate surface area is 169 Å². The second-order valence-corrected chi connectivity index (χ2v) is 6.90. The zero-order valence-corrected chi connectivity index (χ0v) is 16.3. The van der Waals surface area contributed by atoms with Gasteiger partial charge in [0.15, 0.2) is 5.69 Å². The second-order valence-electron chi connectivity index (χ2n) is 6.49. The van der Waals surface area contributed by atoms with Gasteiger partial charge in [-0.3, -0.25) is 9.48 Å². The van der Waals surface area contributed by atoms with E-state index in [2.05, 4.69) is 15.3 Å². The third kappa shape index (κ3) is 4.94. The predicted octanol–water partition coefficient (Wildman–Crippen LogP) is 4.04. The molecular formula is C18H17ClF3N5O2. The highest BCUT2D eigenvalue weighted by Gasteiger charge is 2.34. The maximum Gasteiger partial charge on any atom is 0.435 e. The maximum atomic E-state index is 12.7. The molecule has 0 aliphatic carbocycles. The van der Waals surface area contributed by atoms with Gasteiger partial charge in [0, 0.05) is 12.2 Å². The van der Waals surface area contributed by atoms with E-state index < -0.39 is 17.8 Å². The number of hydrogen-bond acceptors (Lipinski definition) is 5. The highest BCUT2D eigenvalue weighted by Crippen LogP contribution is 2.28. The molecule has 0 radical (unpaired) electrons. The summed E-state index contributed by atoms with van der Waals surface area (Å²) in [6.07, 6.45) is -3.45. The molecule has 7 nitrogen and oxygen atoms in total. The van der Waals surface area contributed by atoms with Crippen LogP contribution in [0.15, 0.2) is 40.9 Å². The van der Waals surface area contributed by atoms with Gasteiger partial charge in [-0.05, 0) is 32.0 Å². The summed E-state index contributed by atoms with van der Waals surface area (Å²) in [5.74, 6) is -0.0450. The molecule has 0 saturated heterocycles. The highest BCUT2D eigenvalue weighted by atomic mass is 35.5. The van der Waals surface area contributed by atoms with Crippen molar-refractivity contribution in [2.24, 2.45) is 0 Å². The summed E-state index contributed by atoms with van der Waals surface area (Å²) >= 11 is 6.12. The van der Waals surface area contributed by atoms with Crippen molar-refractivity contribution in [2.45, 2.75) is 39.2 Å². The fourth-order valence-electron chi connectivity index (χ4n) is 2.60. The Kier molecular flexibility index (Phi) is 5.92. The average molecular weight is 428 g/mol. The van der Waals surface area contributed by atoms with Crippen molar-refractivity contribution >= 4 is 17.5 Å². The summed E-state index contributed by atoms with van der Waals surface area (Å²) in [5.41, 5.74) is -0.491. The van der Waals surface area contributed by atoms with E-state index in [-0.39, 0.29) is 30.9 Å². The molecule has 0 bridgehead atoms. The highest BCUT2D eigenvalue weighted by molar-refractivity contribution is 6.33. The Morgan fingerprint density at radius 1 is 1.24 bits per heavy atom. The molecule has 2 heterocycles. The van der Waals surface area contributed by atoms with Gasteiger partial charge in [-0.2, -0.15) is 18.3 Å². The Morgan fingerprint density at radius 2 is 1.97 bits per heavy atom. The lowest BCUT2D eigenvalue weighted by Crippen LogP contribution is -2.38. The first-order valence-electron chi connectivity index (χ1n) is 8.62. The third-order valence-corrected chi connectivity index (χ3v) is 4.38. The van der Waals surface area contributed by atoms with Crippen LogP contribution in [0.5, 0.6) is 0 Å². The number of carbonyl (C=O) groups excluding carboxylic acids is 1. The molecule has 154 valence electrons. The van der Waals surface area contributed by atoms with Gasteiger partial charge in [0.2, 0.25) is 17.7 Å². The first-order valence-corrected chi connectivity index (χ1v) is 9.00. The van der Waals surface area contributed by atoms with E-state index in [1.807, 2.05) is 0 Å². The maximum absolute atomic E-state index is 12.7. The molecule has 0 spiro atoms. The van der Waals surface area contributed by atoms with Gasteiger partial charge in [0.05, 0.1) is 17.1 Å². The van der Waals surface area contributed by atoms with E-state index in [1.54, 1.807) is 38.1 Å². The number of rotatable bonds is 6. The van der Waals surface area contributed by atoms with Gasteiger partial charge >= 0.3 is 6.18 Å². The van der Waals surface area contributed by atoms with Gasteiger partial charge in [0.1, 0.15) is 6.54 Å². The van der Waals surface area contributed by atoms with Crippen LogP contribution in [0.3, 0.4) is 0 Å². The summed E-state index contributed by atoms with van der Waals surface area (Å²) in [4.78, 5) is 14.0.